The van der Waals surface area contributed by atoms with Crippen LogP contribution in [-0.2, 0) is 30.2 Å². The lowest BCUT2D eigenvalue weighted by molar-refractivity contribution is -0.282. The van der Waals surface area contributed by atoms with Crippen molar-refractivity contribution in [2.24, 2.45) is 0 Å². The van der Waals surface area contributed by atoms with Gasteiger partial charge in [-0.1, -0.05) is 11.6 Å². The third kappa shape index (κ3) is 6.57. The van der Waals surface area contributed by atoms with Crippen molar-refractivity contribution < 1.29 is 47.2 Å². The lowest BCUT2D eigenvalue weighted by Crippen LogP contribution is -2.62. The fourth-order valence-corrected chi connectivity index (χ4v) is 5.46. The first-order valence-corrected chi connectivity index (χ1v) is 14.4. The molecule has 0 radical (unpaired) electrons. The summed E-state index contributed by atoms with van der Waals surface area (Å²) in [6.45, 7) is 10.5. The minimum absolute atomic E-state index is 0.0590. The van der Waals surface area contributed by atoms with Crippen LogP contribution in [0.1, 0.15) is 56.1 Å². The lowest BCUT2D eigenvalue weighted by atomic mass is 9.89. The molecule has 1 amide bonds. The number of fused-ring (bicyclic) bond motifs is 2. The summed E-state index contributed by atoms with van der Waals surface area (Å²) in [6, 6.07) is 9.52. The first-order chi connectivity index (χ1) is 21.3. The molecule has 2 aromatic carbocycles. The zero-order chi connectivity index (χ0) is 32.6. The van der Waals surface area contributed by atoms with Gasteiger partial charge in [-0.3, -0.25) is 9.59 Å². The monoisotopic (exact) mass is 621 g/mol. The number of esters is 1. The standard InChI is InChI=1S/C33H35NO11/c1-16(2)8-9-19-14-21(11-13-24(19)40-18(4)35)29(36)34-22-15-20-10-12-23(17(3)25(20)42-30(22)37)41-31-27-26(43-32(38)44-27)28(39-7)33(5,6)45-31/h8,10-15,26-28,31H,9H2,1-7H3,(H,34,36)/t26-,27?,28+,31+/m0/s1. The van der Waals surface area contributed by atoms with Crippen LogP contribution in [0, 0.1) is 6.92 Å². The molecule has 0 bridgehead atoms. The van der Waals surface area contributed by atoms with Gasteiger partial charge < -0.3 is 38.2 Å². The molecule has 1 unspecified atom stereocenters. The molecule has 45 heavy (non-hydrogen) atoms. The van der Waals surface area contributed by atoms with Crippen molar-refractivity contribution in [3.63, 3.8) is 0 Å². The summed E-state index contributed by atoms with van der Waals surface area (Å²) in [5.41, 5.74) is 0.989. The molecule has 12 heteroatoms. The number of hydrogen-bond donors (Lipinski definition) is 1. The Labute approximate surface area is 259 Å². The summed E-state index contributed by atoms with van der Waals surface area (Å²) in [5.74, 6) is -0.332. The number of methoxy groups -OCH3 is 1. The predicted molar refractivity (Wildman–Crippen MR) is 162 cm³/mol. The van der Waals surface area contributed by atoms with Crippen molar-refractivity contribution in [3.8, 4) is 11.5 Å². The van der Waals surface area contributed by atoms with Crippen LogP contribution >= 0.6 is 0 Å². The van der Waals surface area contributed by atoms with Gasteiger partial charge >= 0.3 is 17.8 Å². The van der Waals surface area contributed by atoms with Crippen LogP contribution in [0.25, 0.3) is 11.0 Å². The SMILES string of the molecule is CO[C@@H]1[C@H]2OC(=O)OC2[C@H](Oc2ccc3cc(NC(=O)c4ccc(OC(C)=O)c(CC=C(C)C)c4)c(=O)oc3c2C)OC1(C)C. The van der Waals surface area contributed by atoms with Crippen LogP contribution in [0.4, 0.5) is 10.5 Å². The van der Waals surface area contributed by atoms with Crippen LogP contribution in [0.3, 0.4) is 0 Å². The van der Waals surface area contributed by atoms with Gasteiger partial charge in [0.15, 0.2) is 6.10 Å². The molecular weight excluding hydrogens is 586 g/mol. The number of nitrogens with one attached hydrogen (secondary N) is 1. The average molecular weight is 622 g/mol. The van der Waals surface area contributed by atoms with Gasteiger partial charge in [-0.15, -0.1) is 0 Å². The summed E-state index contributed by atoms with van der Waals surface area (Å²) in [5, 5.41) is 3.15. The van der Waals surface area contributed by atoms with Gasteiger partial charge in [-0.25, -0.2) is 9.59 Å². The van der Waals surface area contributed by atoms with E-state index in [2.05, 4.69) is 5.32 Å². The van der Waals surface area contributed by atoms with Gasteiger partial charge in [0.25, 0.3) is 5.91 Å². The normalized spacial score (nSPS) is 21.7. The molecule has 2 aliphatic rings. The topological polar surface area (TPSA) is 149 Å². The zero-order valence-corrected chi connectivity index (χ0v) is 26.0. The van der Waals surface area contributed by atoms with Crippen molar-refractivity contribution in [3.05, 3.63) is 75.2 Å². The van der Waals surface area contributed by atoms with Crippen LogP contribution in [0.15, 0.2) is 57.3 Å². The highest BCUT2D eigenvalue weighted by Gasteiger charge is 2.59. The molecule has 4 atom stereocenters. The maximum absolute atomic E-state index is 13.2. The smallest absolute Gasteiger partial charge is 0.460 e. The molecule has 2 aliphatic heterocycles. The van der Waals surface area contributed by atoms with Crippen LogP contribution in [-0.4, -0.2) is 55.3 Å². The van der Waals surface area contributed by atoms with Crippen molar-refractivity contribution in [1.82, 2.24) is 0 Å². The van der Waals surface area contributed by atoms with E-state index < -0.39 is 53.9 Å². The maximum Gasteiger partial charge on any atom is 0.509 e. The van der Waals surface area contributed by atoms with E-state index in [0.717, 1.165) is 5.57 Å². The lowest BCUT2D eigenvalue weighted by Gasteiger charge is -2.45. The Morgan fingerprint density at radius 2 is 1.71 bits per heavy atom. The van der Waals surface area contributed by atoms with E-state index in [1.54, 1.807) is 45.0 Å². The molecule has 0 aliphatic carbocycles. The number of hydrogen-bond acceptors (Lipinski definition) is 11. The van der Waals surface area contributed by atoms with Gasteiger partial charge in [0.2, 0.25) is 12.4 Å². The fraction of sp³-hybridized carbons (Fsp3) is 0.394. The van der Waals surface area contributed by atoms with Crippen molar-refractivity contribution in [1.29, 1.82) is 0 Å². The first-order valence-electron chi connectivity index (χ1n) is 14.4. The molecular formula is C33H35NO11. The second-order valence-electron chi connectivity index (χ2n) is 11.7. The summed E-state index contributed by atoms with van der Waals surface area (Å²) in [6.07, 6.45) is -1.70. The molecule has 238 valence electrons. The number of aryl methyl sites for hydroxylation is 1. The number of ether oxygens (including phenoxy) is 6. The molecule has 12 nitrogen and oxygen atoms in total. The number of allylic oxidation sites excluding steroid dienone is 2. The molecule has 5 rings (SSSR count). The van der Waals surface area contributed by atoms with E-state index in [1.807, 2.05) is 19.9 Å². The molecule has 2 fully saturated rings. The van der Waals surface area contributed by atoms with E-state index in [0.29, 0.717) is 34.4 Å². The predicted octanol–water partition coefficient (Wildman–Crippen LogP) is 5.22. The highest BCUT2D eigenvalue weighted by Crippen LogP contribution is 2.39. The quantitative estimate of drug-likeness (QED) is 0.153. The highest BCUT2D eigenvalue weighted by atomic mass is 16.8. The van der Waals surface area contributed by atoms with Crippen molar-refractivity contribution in [2.75, 3.05) is 12.4 Å². The van der Waals surface area contributed by atoms with Gasteiger partial charge in [0.1, 0.15) is 28.9 Å². The number of carbonyl (C=O) groups is 3. The fourth-order valence-electron chi connectivity index (χ4n) is 5.46. The summed E-state index contributed by atoms with van der Waals surface area (Å²) in [4.78, 5) is 49.7. The first kappa shape index (κ1) is 31.7. The Hall–Kier alpha value is -4.68. The number of carbonyl (C=O) groups excluding carboxylic acids is 3. The number of benzene rings is 2. The van der Waals surface area contributed by atoms with Crippen LogP contribution in [0.5, 0.6) is 11.5 Å². The van der Waals surface area contributed by atoms with E-state index >= 15 is 0 Å². The highest BCUT2D eigenvalue weighted by molar-refractivity contribution is 6.05. The van der Waals surface area contributed by atoms with Gasteiger partial charge in [0, 0.05) is 30.5 Å². The molecule has 1 aromatic heterocycles. The van der Waals surface area contributed by atoms with E-state index in [1.165, 1.54) is 26.2 Å². The third-order valence-electron chi connectivity index (χ3n) is 7.61. The van der Waals surface area contributed by atoms with Gasteiger partial charge in [-0.05, 0) is 83.0 Å². The number of rotatable bonds is 8. The zero-order valence-electron chi connectivity index (χ0n) is 26.0. The van der Waals surface area contributed by atoms with Crippen molar-refractivity contribution >= 4 is 34.7 Å². The second kappa shape index (κ2) is 12.4. The molecule has 3 heterocycles. The molecule has 0 spiro atoms. The largest absolute Gasteiger partial charge is 0.509 e. The summed E-state index contributed by atoms with van der Waals surface area (Å²) >= 11 is 0. The van der Waals surface area contributed by atoms with E-state index in [4.69, 9.17) is 32.8 Å². The Morgan fingerprint density at radius 3 is 2.40 bits per heavy atom. The van der Waals surface area contributed by atoms with Crippen LogP contribution < -0.4 is 20.4 Å². The minimum Gasteiger partial charge on any atom is -0.460 e. The van der Waals surface area contributed by atoms with E-state index in [-0.39, 0.29) is 16.8 Å². The van der Waals surface area contributed by atoms with Gasteiger partial charge in [-0.2, -0.15) is 0 Å². The second-order valence-corrected chi connectivity index (χ2v) is 11.7. The Morgan fingerprint density at radius 1 is 1.00 bits per heavy atom. The molecule has 3 aromatic rings. The molecule has 2 saturated heterocycles. The molecule has 0 saturated carbocycles. The summed E-state index contributed by atoms with van der Waals surface area (Å²) < 4.78 is 39.4. The Balaban J connectivity index is 1.39. The van der Waals surface area contributed by atoms with Crippen molar-refractivity contribution in [2.45, 2.75) is 78.2 Å². The Bertz CT molecular complexity index is 1750. The number of amides is 1. The average Bonchev–Trinajstić information content (AvgIpc) is 3.35. The Kier molecular flexibility index (Phi) is 8.72. The molecule has 1 N–H and O–H groups in total. The van der Waals surface area contributed by atoms with Gasteiger partial charge in [0.05, 0.1) is 5.60 Å². The maximum atomic E-state index is 13.2. The number of anilines is 1. The third-order valence-corrected chi connectivity index (χ3v) is 7.61. The summed E-state index contributed by atoms with van der Waals surface area (Å²) in [7, 11) is 1.50. The van der Waals surface area contributed by atoms with E-state index in [9.17, 15) is 19.2 Å². The van der Waals surface area contributed by atoms with Crippen LogP contribution in [0.2, 0.25) is 0 Å². The minimum atomic E-state index is -1.03.